The van der Waals surface area contributed by atoms with Gasteiger partial charge in [0.25, 0.3) is 5.91 Å². The van der Waals surface area contributed by atoms with Crippen molar-refractivity contribution in [1.82, 2.24) is 0 Å². The van der Waals surface area contributed by atoms with Crippen LogP contribution in [-0.4, -0.2) is 12.0 Å². The van der Waals surface area contributed by atoms with E-state index in [9.17, 15) is 4.79 Å². The number of carbonyl (C=O) groups is 1. The van der Waals surface area contributed by atoms with Gasteiger partial charge >= 0.3 is 0 Å². The summed E-state index contributed by atoms with van der Waals surface area (Å²) in [6.45, 7) is 2.12. The Morgan fingerprint density at radius 3 is 2.29 bits per heavy atom. The molecule has 0 heterocycles. The van der Waals surface area contributed by atoms with Crippen molar-refractivity contribution in [1.29, 1.82) is 0 Å². The van der Waals surface area contributed by atoms with E-state index >= 15 is 0 Å². The van der Waals surface area contributed by atoms with Crippen LogP contribution >= 0.6 is 23.2 Å². The summed E-state index contributed by atoms with van der Waals surface area (Å²) in [5.74, 6) is 1.09. The van der Waals surface area contributed by atoms with E-state index < -0.39 is 6.10 Å². The molecule has 6 heteroatoms. The van der Waals surface area contributed by atoms with Crippen LogP contribution in [0.15, 0.2) is 72.8 Å². The fourth-order valence-corrected chi connectivity index (χ4v) is 2.75. The van der Waals surface area contributed by atoms with Gasteiger partial charge in [-0.15, -0.1) is 0 Å². The fraction of sp³-hybridized carbons (Fsp3) is 0.136. The van der Waals surface area contributed by atoms with Crippen LogP contribution in [0, 0.1) is 0 Å². The second-order valence-electron chi connectivity index (χ2n) is 6.15. The highest BCUT2D eigenvalue weighted by Crippen LogP contribution is 2.19. The van der Waals surface area contributed by atoms with Crippen LogP contribution < -0.4 is 14.8 Å². The van der Waals surface area contributed by atoms with Gasteiger partial charge in [-0.05, 0) is 67.1 Å². The standard InChI is InChI=1S/C22H19Cl2NO3/c1-15(22(26)25-19-4-2-3-18(24)13-19)28-21-9-5-16(6-10-21)14-27-20-11-7-17(23)8-12-20/h2-13,15H,14H2,1H3,(H,25,26). The number of amides is 1. The number of benzene rings is 3. The van der Waals surface area contributed by atoms with Gasteiger partial charge in [0.2, 0.25) is 0 Å². The van der Waals surface area contributed by atoms with Crippen molar-refractivity contribution in [3.05, 3.63) is 88.4 Å². The Kier molecular flexibility index (Phi) is 6.80. The molecule has 3 aromatic carbocycles. The summed E-state index contributed by atoms with van der Waals surface area (Å²) >= 11 is 11.8. The molecule has 0 aliphatic carbocycles. The zero-order valence-corrected chi connectivity index (χ0v) is 16.7. The predicted octanol–water partition coefficient (Wildman–Crippen LogP) is 5.98. The van der Waals surface area contributed by atoms with E-state index in [0.717, 1.165) is 11.3 Å². The summed E-state index contributed by atoms with van der Waals surface area (Å²) in [4.78, 5) is 12.3. The summed E-state index contributed by atoms with van der Waals surface area (Å²) in [5.41, 5.74) is 1.61. The smallest absolute Gasteiger partial charge is 0.265 e. The zero-order valence-electron chi connectivity index (χ0n) is 15.2. The first-order chi connectivity index (χ1) is 13.5. The van der Waals surface area contributed by atoms with Crippen LogP contribution in [0.25, 0.3) is 0 Å². The summed E-state index contributed by atoms with van der Waals surface area (Å²) in [7, 11) is 0. The molecule has 1 unspecified atom stereocenters. The van der Waals surface area contributed by atoms with E-state index in [0.29, 0.717) is 28.1 Å². The largest absolute Gasteiger partial charge is 0.489 e. The van der Waals surface area contributed by atoms with Gasteiger partial charge in [-0.25, -0.2) is 0 Å². The van der Waals surface area contributed by atoms with E-state index in [-0.39, 0.29) is 5.91 Å². The SMILES string of the molecule is CC(Oc1ccc(COc2ccc(Cl)cc2)cc1)C(=O)Nc1cccc(Cl)c1. The molecular formula is C22H19Cl2NO3. The van der Waals surface area contributed by atoms with Gasteiger partial charge in [0, 0.05) is 15.7 Å². The molecule has 0 aliphatic rings. The van der Waals surface area contributed by atoms with Crippen molar-refractivity contribution in [2.45, 2.75) is 19.6 Å². The minimum absolute atomic E-state index is 0.252. The van der Waals surface area contributed by atoms with Crippen molar-refractivity contribution in [2.24, 2.45) is 0 Å². The first-order valence-electron chi connectivity index (χ1n) is 8.70. The topological polar surface area (TPSA) is 47.6 Å². The van der Waals surface area contributed by atoms with E-state index in [1.54, 1.807) is 43.3 Å². The highest BCUT2D eigenvalue weighted by Gasteiger charge is 2.15. The third kappa shape index (κ3) is 5.91. The molecule has 0 saturated carbocycles. The number of nitrogens with one attached hydrogen (secondary N) is 1. The fourth-order valence-electron chi connectivity index (χ4n) is 2.43. The normalized spacial score (nSPS) is 11.5. The van der Waals surface area contributed by atoms with Gasteiger partial charge in [-0.1, -0.05) is 41.4 Å². The molecule has 0 spiro atoms. The van der Waals surface area contributed by atoms with Crippen LogP contribution in [0.3, 0.4) is 0 Å². The first kappa shape index (κ1) is 20.1. The lowest BCUT2D eigenvalue weighted by molar-refractivity contribution is -0.122. The van der Waals surface area contributed by atoms with Crippen LogP contribution in [0.5, 0.6) is 11.5 Å². The quantitative estimate of drug-likeness (QED) is 0.516. The molecule has 1 amide bonds. The lowest BCUT2D eigenvalue weighted by Gasteiger charge is -2.15. The second kappa shape index (κ2) is 9.49. The molecule has 3 aromatic rings. The number of ether oxygens (including phenoxy) is 2. The van der Waals surface area contributed by atoms with E-state index in [1.165, 1.54) is 0 Å². The number of carbonyl (C=O) groups excluding carboxylic acids is 1. The van der Waals surface area contributed by atoms with Gasteiger partial charge in [-0.2, -0.15) is 0 Å². The van der Waals surface area contributed by atoms with E-state index in [4.69, 9.17) is 32.7 Å². The lowest BCUT2D eigenvalue weighted by Crippen LogP contribution is -2.30. The summed E-state index contributed by atoms with van der Waals surface area (Å²) in [5, 5.41) is 4.01. The summed E-state index contributed by atoms with van der Waals surface area (Å²) < 4.78 is 11.4. The molecule has 0 aromatic heterocycles. The molecule has 4 nitrogen and oxygen atoms in total. The second-order valence-corrected chi connectivity index (χ2v) is 7.02. The van der Waals surface area contributed by atoms with Crippen molar-refractivity contribution in [2.75, 3.05) is 5.32 Å². The van der Waals surface area contributed by atoms with Gasteiger partial charge in [0.1, 0.15) is 18.1 Å². The first-order valence-corrected chi connectivity index (χ1v) is 9.45. The maximum Gasteiger partial charge on any atom is 0.265 e. The highest BCUT2D eigenvalue weighted by atomic mass is 35.5. The Bertz CT molecular complexity index is 927. The van der Waals surface area contributed by atoms with Gasteiger partial charge < -0.3 is 14.8 Å². The number of anilines is 1. The Morgan fingerprint density at radius 1 is 0.929 bits per heavy atom. The molecule has 3 rings (SSSR count). The molecule has 1 atom stereocenters. The van der Waals surface area contributed by atoms with Crippen molar-refractivity contribution < 1.29 is 14.3 Å². The minimum Gasteiger partial charge on any atom is -0.489 e. The van der Waals surface area contributed by atoms with Gasteiger partial charge in [0.15, 0.2) is 6.10 Å². The predicted molar refractivity (Wildman–Crippen MR) is 112 cm³/mol. The molecule has 144 valence electrons. The monoisotopic (exact) mass is 415 g/mol. The number of hydrogen-bond donors (Lipinski definition) is 1. The molecule has 0 aliphatic heterocycles. The van der Waals surface area contributed by atoms with Crippen molar-refractivity contribution in [3.8, 4) is 11.5 Å². The van der Waals surface area contributed by atoms with Crippen LogP contribution in [-0.2, 0) is 11.4 Å². The van der Waals surface area contributed by atoms with Crippen LogP contribution in [0.2, 0.25) is 10.0 Å². The van der Waals surface area contributed by atoms with Gasteiger partial charge in [-0.3, -0.25) is 4.79 Å². The molecule has 0 fully saturated rings. The molecule has 0 saturated heterocycles. The van der Waals surface area contributed by atoms with E-state index in [1.807, 2.05) is 36.4 Å². The molecule has 0 bridgehead atoms. The zero-order chi connectivity index (χ0) is 19.9. The molecular weight excluding hydrogens is 397 g/mol. The minimum atomic E-state index is -0.657. The van der Waals surface area contributed by atoms with Gasteiger partial charge in [0.05, 0.1) is 0 Å². The Balaban J connectivity index is 1.51. The highest BCUT2D eigenvalue weighted by molar-refractivity contribution is 6.31. The summed E-state index contributed by atoms with van der Waals surface area (Å²) in [6, 6.07) is 21.6. The Morgan fingerprint density at radius 2 is 1.61 bits per heavy atom. The van der Waals surface area contributed by atoms with Crippen LogP contribution in [0.1, 0.15) is 12.5 Å². The maximum absolute atomic E-state index is 12.3. The molecule has 1 N–H and O–H groups in total. The average Bonchev–Trinajstić information content (AvgIpc) is 2.68. The average molecular weight is 416 g/mol. The summed E-state index contributed by atoms with van der Waals surface area (Å²) in [6.07, 6.45) is -0.657. The third-order valence-electron chi connectivity index (χ3n) is 3.92. The third-order valence-corrected chi connectivity index (χ3v) is 4.40. The number of hydrogen-bond acceptors (Lipinski definition) is 3. The number of halogens is 2. The Hall–Kier alpha value is -2.69. The van der Waals surface area contributed by atoms with Crippen LogP contribution in [0.4, 0.5) is 5.69 Å². The van der Waals surface area contributed by atoms with Crippen molar-refractivity contribution in [3.63, 3.8) is 0 Å². The Labute approximate surface area is 174 Å². The van der Waals surface area contributed by atoms with E-state index in [2.05, 4.69) is 5.32 Å². The van der Waals surface area contributed by atoms with Crippen molar-refractivity contribution >= 4 is 34.8 Å². The number of rotatable bonds is 7. The maximum atomic E-state index is 12.3. The molecule has 0 radical (unpaired) electrons. The molecule has 28 heavy (non-hydrogen) atoms. The lowest BCUT2D eigenvalue weighted by atomic mass is 10.2.